The van der Waals surface area contributed by atoms with Crippen molar-refractivity contribution in [2.75, 3.05) is 4.72 Å². The van der Waals surface area contributed by atoms with Crippen LogP contribution in [0.15, 0.2) is 81.4 Å². The highest BCUT2D eigenvalue weighted by Gasteiger charge is 2.22. The van der Waals surface area contributed by atoms with E-state index in [1.165, 1.54) is 17.8 Å². The summed E-state index contributed by atoms with van der Waals surface area (Å²) in [4.78, 5) is 13.2. The van der Waals surface area contributed by atoms with Crippen LogP contribution >= 0.6 is 11.8 Å². The number of sulfonamides is 1. The average molecular weight is 428 g/mol. The third-order valence-electron chi connectivity index (χ3n) is 4.25. The van der Waals surface area contributed by atoms with Crippen LogP contribution < -0.4 is 14.9 Å². The van der Waals surface area contributed by atoms with E-state index in [1.54, 1.807) is 41.9 Å². The van der Waals surface area contributed by atoms with Gasteiger partial charge in [-0.2, -0.15) is 0 Å². The number of anilines is 1. The lowest BCUT2D eigenvalue weighted by Gasteiger charge is -2.20. The lowest BCUT2D eigenvalue weighted by Crippen LogP contribution is -2.22. The lowest BCUT2D eigenvalue weighted by atomic mass is 10.1. The topological polar surface area (TPSA) is 105 Å². The number of hydrogen-bond acceptors (Lipinski definition) is 6. The summed E-state index contributed by atoms with van der Waals surface area (Å²) < 4.78 is 34.2. The van der Waals surface area contributed by atoms with Gasteiger partial charge in [0.05, 0.1) is 26.8 Å². The number of ether oxygens (including phenoxy) is 1. The third-order valence-corrected chi connectivity index (χ3v) is 6.71. The molecule has 0 atom stereocenters. The van der Waals surface area contributed by atoms with Gasteiger partial charge in [-0.05, 0) is 42.0 Å². The van der Waals surface area contributed by atoms with Crippen molar-refractivity contribution in [1.29, 1.82) is 0 Å². The van der Waals surface area contributed by atoms with Crippen molar-refractivity contribution in [2.24, 2.45) is 0 Å². The predicted molar refractivity (Wildman–Crippen MR) is 108 cm³/mol. The molecule has 0 aliphatic carbocycles. The van der Waals surface area contributed by atoms with E-state index in [4.69, 9.17) is 9.94 Å². The number of amides is 1. The second-order valence-electron chi connectivity index (χ2n) is 6.23. The van der Waals surface area contributed by atoms with Crippen molar-refractivity contribution in [2.45, 2.75) is 21.1 Å². The Morgan fingerprint density at radius 1 is 0.966 bits per heavy atom. The Morgan fingerprint density at radius 2 is 1.69 bits per heavy atom. The summed E-state index contributed by atoms with van der Waals surface area (Å²) >= 11 is 1.44. The molecule has 7 nitrogen and oxygen atoms in total. The summed E-state index contributed by atoms with van der Waals surface area (Å²) in [7, 11) is -3.90. The summed E-state index contributed by atoms with van der Waals surface area (Å²) in [5, 5.41) is 8.73. The van der Waals surface area contributed by atoms with Gasteiger partial charge in [0, 0.05) is 0 Å². The zero-order chi connectivity index (χ0) is 20.4. The van der Waals surface area contributed by atoms with Crippen LogP contribution in [0.4, 0.5) is 5.69 Å². The molecular weight excluding hydrogens is 412 g/mol. The molecule has 1 aliphatic rings. The minimum absolute atomic E-state index is 0.0770. The first-order valence-electron chi connectivity index (χ1n) is 8.59. The monoisotopic (exact) mass is 428 g/mol. The van der Waals surface area contributed by atoms with E-state index in [0.717, 1.165) is 10.6 Å². The molecule has 0 fully saturated rings. The second-order valence-corrected chi connectivity index (χ2v) is 9.00. The minimum atomic E-state index is -3.90. The molecule has 1 heterocycles. The molecule has 9 heteroatoms. The van der Waals surface area contributed by atoms with Crippen LogP contribution in [0.3, 0.4) is 0 Å². The number of benzene rings is 3. The molecule has 1 aliphatic heterocycles. The van der Waals surface area contributed by atoms with E-state index in [-0.39, 0.29) is 17.0 Å². The zero-order valence-electron chi connectivity index (χ0n) is 15.0. The number of rotatable bonds is 5. The molecule has 0 unspecified atom stereocenters. The number of para-hydroxylation sites is 2. The van der Waals surface area contributed by atoms with E-state index in [1.807, 2.05) is 24.3 Å². The van der Waals surface area contributed by atoms with Gasteiger partial charge in [0.25, 0.3) is 10.0 Å². The van der Waals surface area contributed by atoms with Gasteiger partial charge in [-0.15, -0.1) is 0 Å². The van der Waals surface area contributed by atoms with Gasteiger partial charge in [-0.1, -0.05) is 42.1 Å². The molecule has 1 amide bonds. The summed E-state index contributed by atoms with van der Waals surface area (Å²) in [5.74, 6) is 0.681. The van der Waals surface area contributed by atoms with Crippen LogP contribution in [0.2, 0.25) is 0 Å². The van der Waals surface area contributed by atoms with Crippen LogP contribution in [0.25, 0.3) is 0 Å². The molecule has 0 bridgehead atoms. The quantitative estimate of drug-likeness (QED) is 0.330. The van der Waals surface area contributed by atoms with Gasteiger partial charge in [0.1, 0.15) is 11.5 Å². The Morgan fingerprint density at radius 3 is 2.52 bits per heavy atom. The molecule has 0 spiro atoms. The van der Waals surface area contributed by atoms with Gasteiger partial charge in [-0.25, -0.2) is 13.9 Å². The van der Waals surface area contributed by atoms with E-state index < -0.39 is 15.9 Å². The maximum atomic E-state index is 12.9. The van der Waals surface area contributed by atoms with Crippen LogP contribution in [-0.2, 0) is 21.2 Å². The fraction of sp³-hybridized carbons (Fsp3) is 0.0500. The predicted octanol–water partition coefficient (Wildman–Crippen LogP) is 3.79. The van der Waals surface area contributed by atoms with Gasteiger partial charge < -0.3 is 4.74 Å². The van der Waals surface area contributed by atoms with Crippen LogP contribution in [-0.4, -0.2) is 19.5 Å². The summed E-state index contributed by atoms with van der Waals surface area (Å²) in [6.07, 6.45) is -0.167. The summed E-state index contributed by atoms with van der Waals surface area (Å²) in [5.41, 5.74) is 2.25. The van der Waals surface area contributed by atoms with Crippen molar-refractivity contribution in [3.8, 4) is 11.5 Å². The molecule has 3 N–H and O–H groups in total. The van der Waals surface area contributed by atoms with Crippen molar-refractivity contribution in [3.05, 3.63) is 72.3 Å². The van der Waals surface area contributed by atoms with Gasteiger partial charge >= 0.3 is 0 Å². The SMILES string of the molecule is O=C(Cc1ccccc1NS(=O)(=O)c1ccc2c(c1)Sc1ccccc1O2)NO. The Hall–Kier alpha value is -3.01. The zero-order valence-corrected chi connectivity index (χ0v) is 16.6. The summed E-state index contributed by atoms with van der Waals surface area (Å²) in [6, 6.07) is 18.7. The number of fused-ring (bicyclic) bond motifs is 2. The van der Waals surface area contributed by atoms with Crippen LogP contribution in [0.5, 0.6) is 11.5 Å². The standard InChI is InChI=1S/C20H16N2O5S2/c23-20(21-24)11-13-5-1-2-6-15(13)22-29(25,26)14-9-10-17-19(12-14)28-18-8-4-3-7-16(18)27-17/h1-10,12,22,24H,11H2,(H,21,23). The van der Waals surface area contributed by atoms with Crippen LogP contribution in [0.1, 0.15) is 5.56 Å². The molecule has 0 aromatic heterocycles. The number of nitrogens with one attached hydrogen (secondary N) is 2. The van der Waals surface area contributed by atoms with Crippen LogP contribution in [0, 0.1) is 0 Å². The van der Waals surface area contributed by atoms with Gasteiger partial charge in [0.15, 0.2) is 0 Å². The van der Waals surface area contributed by atoms with Crippen molar-refractivity contribution in [3.63, 3.8) is 0 Å². The molecule has 3 aromatic rings. The van der Waals surface area contributed by atoms with Crippen molar-refractivity contribution >= 4 is 33.4 Å². The average Bonchev–Trinajstić information content (AvgIpc) is 2.73. The van der Waals surface area contributed by atoms with E-state index in [9.17, 15) is 13.2 Å². The first kappa shape index (κ1) is 19.3. The number of hydroxylamine groups is 1. The molecule has 4 rings (SSSR count). The molecule has 29 heavy (non-hydrogen) atoms. The molecule has 0 saturated carbocycles. The fourth-order valence-electron chi connectivity index (χ4n) is 2.87. The van der Waals surface area contributed by atoms with E-state index in [0.29, 0.717) is 16.2 Å². The molecule has 0 saturated heterocycles. The number of hydrogen-bond donors (Lipinski definition) is 3. The first-order valence-corrected chi connectivity index (χ1v) is 10.9. The largest absolute Gasteiger partial charge is 0.455 e. The van der Waals surface area contributed by atoms with Crippen molar-refractivity contribution in [1.82, 2.24) is 5.48 Å². The third kappa shape index (κ3) is 4.07. The van der Waals surface area contributed by atoms with Crippen molar-refractivity contribution < 1.29 is 23.2 Å². The Bertz CT molecular complexity index is 1190. The molecule has 0 radical (unpaired) electrons. The normalized spacial score (nSPS) is 12.3. The number of carbonyl (C=O) groups excluding carboxylic acids is 1. The Labute approximate surface area is 171 Å². The van der Waals surface area contributed by atoms with E-state index >= 15 is 0 Å². The second kappa shape index (κ2) is 7.78. The molecule has 3 aromatic carbocycles. The fourth-order valence-corrected chi connectivity index (χ4v) is 5.06. The molecule has 148 valence electrons. The Balaban J connectivity index is 1.62. The Kier molecular flexibility index (Phi) is 5.18. The molecular formula is C20H16N2O5S2. The minimum Gasteiger partial charge on any atom is -0.455 e. The van der Waals surface area contributed by atoms with E-state index in [2.05, 4.69) is 4.72 Å². The highest BCUT2D eigenvalue weighted by molar-refractivity contribution is 7.99. The maximum absolute atomic E-state index is 12.9. The first-order chi connectivity index (χ1) is 14.0. The summed E-state index contributed by atoms with van der Waals surface area (Å²) in [6.45, 7) is 0. The smallest absolute Gasteiger partial charge is 0.261 e. The highest BCUT2D eigenvalue weighted by atomic mass is 32.2. The maximum Gasteiger partial charge on any atom is 0.261 e. The highest BCUT2D eigenvalue weighted by Crippen LogP contribution is 2.47. The van der Waals surface area contributed by atoms with Gasteiger partial charge in [0.2, 0.25) is 5.91 Å². The number of carbonyl (C=O) groups is 1. The lowest BCUT2D eigenvalue weighted by molar-refractivity contribution is -0.128. The van der Waals surface area contributed by atoms with Gasteiger partial charge in [-0.3, -0.25) is 14.7 Å².